The quantitative estimate of drug-likeness (QED) is 0.165. The molecular weight excluding hydrogens is 654 g/mol. The molecule has 1 aliphatic rings. The molecule has 250 valence electrons. The van der Waals surface area contributed by atoms with Gasteiger partial charge in [-0.05, 0) is 59.5 Å². The lowest BCUT2D eigenvalue weighted by atomic mass is 10.0. The lowest BCUT2D eigenvalue weighted by Gasteiger charge is -2.22. The molecule has 48 heavy (non-hydrogen) atoms. The first kappa shape index (κ1) is 34.1. The first-order valence-corrected chi connectivity index (χ1v) is 15.5. The number of aromatic nitrogens is 3. The Hall–Kier alpha value is -5.25. The fraction of sp³-hybridized carbons (Fsp3) is 0.250. The lowest BCUT2D eigenvalue weighted by Crippen LogP contribution is -2.48. The number of anilines is 1. The Morgan fingerprint density at radius 2 is 1.75 bits per heavy atom. The van der Waals surface area contributed by atoms with Crippen molar-refractivity contribution < 1.29 is 36.7 Å². The van der Waals surface area contributed by atoms with Gasteiger partial charge < -0.3 is 15.4 Å². The highest BCUT2D eigenvalue weighted by molar-refractivity contribution is 8.15. The predicted octanol–water partition coefficient (Wildman–Crippen LogP) is 5.95. The van der Waals surface area contributed by atoms with Gasteiger partial charge in [-0.25, -0.2) is 18.9 Å². The Labute approximate surface area is 276 Å². The average molecular weight is 684 g/mol. The van der Waals surface area contributed by atoms with Crippen molar-refractivity contribution in [1.29, 1.82) is 0 Å². The van der Waals surface area contributed by atoms with Crippen molar-refractivity contribution >= 4 is 40.5 Å². The summed E-state index contributed by atoms with van der Waals surface area (Å²) < 4.78 is 56.6. The maximum Gasteiger partial charge on any atom is 0.573 e. The molecule has 2 heterocycles. The highest BCUT2D eigenvalue weighted by Crippen LogP contribution is 2.34. The van der Waals surface area contributed by atoms with E-state index in [1.165, 1.54) is 65.3 Å². The van der Waals surface area contributed by atoms with Gasteiger partial charge in [0.1, 0.15) is 24.1 Å². The largest absolute Gasteiger partial charge is 0.573 e. The van der Waals surface area contributed by atoms with Crippen LogP contribution in [0.25, 0.3) is 17.1 Å². The minimum Gasteiger partial charge on any atom is -0.406 e. The number of hydrogen-bond donors (Lipinski definition) is 2. The number of nitrogens with zero attached hydrogens (tertiary/aromatic N) is 5. The number of aliphatic imine (C=N–C) groups is 1. The average Bonchev–Trinajstić information content (AvgIpc) is 3.64. The predicted molar refractivity (Wildman–Crippen MR) is 171 cm³/mol. The number of urea groups is 1. The molecule has 0 spiro atoms. The highest BCUT2D eigenvalue weighted by atomic mass is 32.2. The summed E-state index contributed by atoms with van der Waals surface area (Å²) in [6.07, 6.45) is -4.03. The first-order valence-electron chi connectivity index (χ1n) is 14.5. The van der Waals surface area contributed by atoms with Crippen LogP contribution in [0.3, 0.4) is 0 Å². The molecule has 5 rings (SSSR count). The number of hydrogen-bond acceptors (Lipinski definition) is 7. The number of amides is 4. The number of carbonyl (C=O) groups excluding carboxylic acids is 3. The summed E-state index contributed by atoms with van der Waals surface area (Å²) in [6, 6.07) is 15.5. The molecule has 0 aliphatic carbocycles. The van der Waals surface area contributed by atoms with Crippen LogP contribution >= 0.6 is 11.8 Å². The standard InChI is InChI=1S/C32H29F4N7O4S/c1-18(2)25-15-22(33)8-13-26(25)43-28(45)16-48-31(43)40-30(46)39-27(38-19(3)44)14-20-4-6-21(7-5-20)29-37-17-42(41-29)23-9-11-24(12-10-23)47-32(34,35)36/h4-13,15,17-18,27H,14,16H2,1-3H3,(H,38,44)(H,39,46)/b40-31-. The van der Waals surface area contributed by atoms with Gasteiger partial charge in [0.2, 0.25) is 11.8 Å². The number of halogens is 4. The van der Waals surface area contributed by atoms with Crippen LogP contribution in [0, 0.1) is 5.82 Å². The number of amidine groups is 1. The zero-order valence-electron chi connectivity index (χ0n) is 25.8. The third-order valence-corrected chi connectivity index (χ3v) is 7.89. The Morgan fingerprint density at radius 3 is 2.40 bits per heavy atom. The SMILES string of the molecule is CC(=O)NC(Cc1ccc(-c2ncn(-c3ccc(OC(F)(F)F)cc3)n2)cc1)NC(=O)/N=C1\SCC(=O)N1c1ccc(F)cc1C(C)C. The van der Waals surface area contributed by atoms with Crippen LogP contribution in [0.15, 0.2) is 78.0 Å². The van der Waals surface area contributed by atoms with E-state index in [1.807, 2.05) is 13.8 Å². The van der Waals surface area contributed by atoms with Gasteiger partial charge in [0.05, 0.1) is 17.1 Å². The zero-order chi connectivity index (χ0) is 34.6. The van der Waals surface area contributed by atoms with Crippen molar-refractivity contribution in [3.8, 4) is 22.8 Å². The first-order chi connectivity index (χ1) is 22.8. The number of carbonyl (C=O) groups is 3. The Bertz CT molecular complexity index is 1840. The summed E-state index contributed by atoms with van der Waals surface area (Å²) in [7, 11) is 0. The molecule has 1 fully saturated rings. The summed E-state index contributed by atoms with van der Waals surface area (Å²) in [5.41, 5.74) is 2.89. The maximum atomic E-state index is 14.0. The third kappa shape index (κ3) is 8.56. The molecule has 0 radical (unpaired) electrons. The molecule has 1 atom stereocenters. The number of alkyl halides is 3. The molecular formula is C32H29F4N7O4S. The van der Waals surface area contributed by atoms with E-state index in [-0.39, 0.29) is 34.9 Å². The Balaban J connectivity index is 1.27. The van der Waals surface area contributed by atoms with Crippen LogP contribution in [-0.4, -0.2) is 56.1 Å². The number of nitrogens with one attached hydrogen (secondary N) is 2. The molecule has 3 aromatic carbocycles. The van der Waals surface area contributed by atoms with Gasteiger partial charge in [0.15, 0.2) is 11.0 Å². The van der Waals surface area contributed by atoms with Gasteiger partial charge >= 0.3 is 12.4 Å². The van der Waals surface area contributed by atoms with E-state index in [1.54, 1.807) is 24.3 Å². The molecule has 0 bridgehead atoms. The monoisotopic (exact) mass is 683 g/mol. The zero-order valence-corrected chi connectivity index (χ0v) is 26.6. The normalized spacial score (nSPS) is 14.8. The lowest BCUT2D eigenvalue weighted by molar-refractivity contribution is -0.274. The van der Waals surface area contributed by atoms with E-state index in [9.17, 15) is 31.9 Å². The molecule has 4 amide bonds. The summed E-state index contributed by atoms with van der Waals surface area (Å²) in [5, 5.41) is 9.88. The molecule has 0 saturated carbocycles. The van der Waals surface area contributed by atoms with Crippen LogP contribution in [0.5, 0.6) is 5.75 Å². The van der Waals surface area contributed by atoms with Crippen molar-refractivity contribution in [2.45, 2.75) is 45.6 Å². The van der Waals surface area contributed by atoms with Crippen molar-refractivity contribution in [3.63, 3.8) is 0 Å². The minimum atomic E-state index is -4.79. The van der Waals surface area contributed by atoms with Crippen molar-refractivity contribution in [2.24, 2.45) is 4.99 Å². The van der Waals surface area contributed by atoms with Gasteiger partial charge in [-0.2, -0.15) is 4.99 Å². The van der Waals surface area contributed by atoms with E-state index in [4.69, 9.17) is 0 Å². The van der Waals surface area contributed by atoms with Crippen LogP contribution in [-0.2, 0) is 16.0 Å². The highest BCUT2D eigenvalue weighted by Gasteiger charge is 2.33. The summed E-state index contributed by atoms with van der Waals surface area (Å²) >= 11 is 1.08. The molecule has 16 heteroatoms. The number of benzene rings is 3. The van der Waals surface area contributed by atoms with Crippen LogP contribution in [0.4, 0.5) is 28.0 Å². The molecule has 4 aromatic rings. The number of ether oxygens (including phenoxy) is 1. The molecule has 1 unspecified atom stereocenters. The van der Waals surface area contributed by atoms with E-state index in [0.29, 0.717) is 28.3 Å². The molecule has 1 aliphatic heterocycles. The summed E-state index contributed by atoms with van der Waals surface area (Å²) in [6.45, 7) is 5.04. The van der Waals surface area contributed by atoms with Gasteiger partial charge in [0, 0.05) is 18.9 Å². The fourth-order valence-electron chi connectivity index (χ4n) is 4.87. The summed E-state index contributed by atoms with van der Waals surface area (Å²) in [5.74, 6) is -1.18. The van der Waals surface area contributed by atoms with Crippen LogP contribution in [0.2, 0.25) is 0 Å². The van der Waals surface area contributed by atoms with Gasteiger partial charge in [-0.15, -0.1) is 18.3 Å². The van der Waals surface area contributed by atoms with E-state index in [2.05, 4.69) is 30.4 Å². The number of rotatable bonds is 9. The second-order valence-corrected chi connectivity index (χ2v) is 11.9. The smallest absolute Gasteiger partial charge is 0.406 e. The van der Waals surface area contributed by atoms with E-state index < -0.39 is 30.3 Å². The molecule has 2 N–H and O–H groups in total. The molecule has 1 saturated heterocycles. The van der Waals surface area contributed by atoms with Gasteiger partial charge in [-0.3, -0.25) is 14.5 Å². The molecule has 11 nitrogen and oxygen atoms in total. The molecule has 1 aromatic heterocycles. The second kappa shape index (κ2) is 14.3. The minimum absolute atomic E-state index is 0.0544. The summed E-state index contributed by atoms with van der Waals surface area (Å²) in [4.78, 5) is 47.5. The third-order valence-electron chi connectivity index (χ3n) is 6.97. The van der Waals surface area contributed by atoms with Crippen LogP contribution in [0.1, 0.15) is 37.8 Å². The number of thioether (sulfide) groups is 1. The van der Waals surface area contributed by atoms with E-state index >= 15 is 0 Å². The Kier molecular flexibility index (Phi) is 10.1. The topological polar surface area (TPSA) is 131 Å². The van der Waals surface area contributed by atoms with Crippen molar-refractivity contribution in [3.05, 3.63) is 90.0 Å². The maximum absolute atomic E-state index is 14.0. The van der Waals surface area contributed by atoms with Gasteiger partial charge in [0.25, 0.3) is 0 Å². The van der Waals surface area contributed by atoms with Crippen molar-refractivity contribution in [1.82, 2.24) is 25.4 Å². The van der Waals surface area contributed by atoms with Crippen molar-refractivity contribution in [2.75, 3.05) is 10.7 Å². The van der Waals surface area contributed by atoms with E-state index in [0.717, 1.165) is 17.3 Å². The fourth-order valence-corrected chi connectivity index (χ4v) is 5.73. The van der Waals surface area contributed by atoms with Crippen LogP contribution < -0.4 is 20.3 Å². The van der Waals surface area contributed by atoms with Gasteiger partial charge in [-0.1, -0.05) is 49.9 Å². The second-order valence-electron chi connectivity index (χ2n) is 10.9. The Morgan fingerprint density at radius 1 is 1.04 bits per heavy atom.